The highest BCUT2D eigenvalue weighted by Gasteiger charge is 2.35. The molecule has 0 aromatic carbocycles. The molecule has 82 valence electrons. The van der Waals surface area contributed by atoms with Crippen molar-refractivity contribution in [3.63, 3.8) is 0 Å². The predicted molar refractivity (Wildman–Crippen MR) is 57.3 cm³/mol. The third-order valence-electron chi connectivity index (χ3n) is 3.33. The molecule has 1 fully saturated rings. The summed E-state index contributed by atoms with van der Waals surface area (Å²) in [5, 5.41) is 0. The number of rotatable bonds is 3. The molecule has 0 amide bonds. The van der Waals surface area contributed by atoms with E-state index < -0.39 is 5.60 Å². The maximum Gasteiger partial charge on any atom is 0.151 e. The first kappa shape index (κ1) is 11.7. The van der Waals surface area contributed by atoms with E-state index in [0.29, 0.717) is 12.0 Å². The lowest BCUT2D eigenvalue weighted by Crippen LogP contribution is -2.34. The number of hydrogen-bond donors (Lipinski definition) is 0. The van der Waals surface area contributed by atoms with E-state index in [0.717, 1.165) is 32.0 Å². The van der Waals surface area contributed by atoms with E-state index in [2.05, 4.69) is 13.8 Å². The molecule has 0 bridgehead atoms. The number of ether oxygens (including phenoxy) is 1. The SMILES string of the molecule is CCOC1(C=O)CCCC(C)(C)CC1. The van der Waals surface area contributed by atoms with Crippen LogP contribution in [0.4, 0.5) is 0 Å². The Kier molecular flexibility index (Phi) is 3.71. The highest BCUT2D eigenvalue weighted by atomic mass is 16.5. The largest absolute Gasteiger partial charge is 0.368 e. The lowest BCUT2D eigenvalue weighted by atomic mass is 9.84. The van der Waals surface area contributed by atoms with Gasteiger partial charge in [-0.1, -0.05) is 13.8 Å². The molecule has 0 saturated heterocycles. The minimum atomic E-state index is -0.470. The van der Waals surface area contributed by atoms with Gasteiger partial charge in [0.05, 0.1) is 0 Å². The summed E-state index contributed by atoms with van der Waals surface area (Å²) in [6.07, 6.45) is 6.20. The molecule has 2 nitrogen and oxygen atoms in total. The van der Waals surface area contributed by atoms with E-state index >= 15 is 0 Å². The topological polar surface area (TPSA) is 26.3 Å². The molecule has 0 aromatic heterocycles. The third kappa shape index (κ3) is 2.81. The Labute approximate surface area is 87.0 Å². The molecule has 1 unspecified atom stereocenters. The molecule has 2 heteroatoms. The second-order valence-corrected chi connectivity index (χ2v) is 5.13. The van der Waals surface area contributed by atoms with Crippen molar-refractivity contribution in [1.29, 1.82) is 0 Å². The van der Waals surface area contributed by atoms with E-state index in [1.54, 1.807) is 0 Å². The Morgan fingerprint density at radius 3 is 2.50 bits per heavy atom. The van der Waals surface area contributed by atoms with Gasteiger partial charge in [0, 0.05) is 6.61 Å². The molecule has 1 aliphatic carbocycles. The minimum absolute atomic E-state index is 0.377. The van der Waals surface area contributed by atoms with Crippen LogP contribution >= 0.6 is 0 Å². The van der Waals surface area contributed by atoms with Gasteiger partial charge in [0.2, 0.25) is 0 Å². The predicted octanol–water partition coefficient (Wildman–Crippen LogP) is 2.95. The molecule has 0 aromatic rings. The van der Waals surface area contributed by atoms with E-state index in [4.69, 9.17) is 4.74 Å². The molecule has 0 aliphatic heterocycles. The second kappa shape index (κ2) is 4.43. The first-order valence-corrected chi connectivity index (χ1v) is 5.64. The summed E-state index contributed by atoms with van der Waals surface area (Å²) in [4.78, 5) is 11.1. The normalized spacial score (nSPS) is 32.2. The van der Waals surface area contributed by atoms with Crippen LogP contribution in [0.5, 0.6) is 0 Å². The second-order valence-electron chi connectivity index (χ2n) is 5.13. The van der Waals surface area contributed by atoms with Crippen molar-refractivity contribution in [2.24, 2.45) is 5.41 Å². The van der Waals surface area contributed by atoms with Gasteiger partial charge in [-0.15, -0.1) is 0 Å². The molecule has 0 N–H and O–H groups in total. The van der Waals surface area contributed by atoms with Crippen LogP contribution in [0.1, 0.15) is 52.9 Å². The Morgan fingerprint density at radius 1 is 1.21 bits per heavy atom. The van der Waals surface area contributed by atoms with Crippen molar-refractivity contribution < 1.29 is 9.53 Å². The van der Waals surface area contributed by atoms with Crippen molar-refractivity contribution in [2.45, 2.75) is 58.5 Å². The standard InChI is InChI=1S/C12H22O2/c1-4-14-12(10-13)7-5-6-11(2,3)8-9-12/h10H,4-9H2,1-3H3. The van der Waals surface area contributed by atoms with Crippen LogP contribution in [0.3, 0.4) is 0 Å². The Hall–Kier alpha value is -0.370. The van der Waals surface area contributed by atoms with Gasteiger partial charge in [-0.25, -0.2) is 0 Å². The van der Waals surface area contributed by atoms with E-state index in [-0.39, 0.29) is 0 Å². The average Bonchev–Trinajstić information content (AvgIpc) is 2.27. The third-order valence-corrected chi connectivity index (χ3v) is 3.33. The minimum Gasteiger partial charge on any atom is -0.368 e. The molecular formula is C12H22O2. The van der Waals surface area contributed by atoms with Crippen molar-refractivity contribution in [3.8, 4) is 0 Å². The Bertz CT molecular complexity index is 198. The van der Waals surface area contributed by atoms with Crippen molar-refractivity contribution >= 4 is 6.29 Å². The van der Waals surface area contributed by atoms with E-state index in [1.807, 2.05) is 6.92 Å². The summed E-state index contributed by atoms with van der Waals surface area (Å²) in [6.45, 7) is 7.15. The zero-order chi connectivity index (χ0) is 10.7. The molecule has 1 saturated carbocycles. The van der Waals surface area contributed by atoms with Crippen LogP contribution < -0.4 is 0 Å². The Balaban J connectivity index is 2.66. The summed E-state index contributed by atoms with van der Waals surface area (Å²) in [5.41, 5.74) is -0.0929. The van der Waals surface area contributed by atoms with Gasteiger partial charge in [-0.3, -0.25) is 0 Å². The van der Waals surface area contributed by atoms with Gasteiger partial charge < -0.3 is 9.53 Å². The molecule has 0 radical (unpaired) electrons. The van der Waals surface area contributed by atoms with Crippen LogP contribution in [-0.4, -0.2) is 18.5 Å². The van der Waals surface area contributed by atoms with Crippen molar-refractivity contribution in [3.05, 3.63) is 0 Å². The van der Waals surface area contributed by atoms with Gasteiger partial charge in [0.15, 0.2) is 6.29 Å². The van der Waals surface area contributed by atoms with Crippen molar-refractivity contribution in [2.75, 3.05) is 6.61 Å². The summed E-state index contributed by atoms with van der Waals surface area (Å²) in [7, 11) is 0. The van der Waals surface area contributed by atoms with Crippen LogP contribution in [0.2, 0.25) is 0 Å². The monoisotopic (exact) mass is 198 g/mol. The van der Waals surface area contributed by atoms with Crippen molar-refractivity contribution in [1.82, 2.24) is 0 Å². The fourth-order valence-corrected chi connectivity index (χ4v) is 2.25. The summed E-state index contributed by atoms with van der Waals surface area (Å²) < 4.78 is 5.62. The maximum absolute atomic E-state index is 11.1. The maximum atomic E-state index is 11.1. The first-order chi connectivity index (χ1) is 6.54. The smallest absolute Gasteiger partial charge is 0.151 e. The van der Waals surface area contributed by atoms with Gasteiger partial charge in [-0.05, 0) is 44.4 Å². The summed E-state index contributed by atoms with van der Waals surface area (Å²) in [6, 6.07) is 0. The number of aldehydes is 1. The quantitative estimate of drug-likeness (QED) is 0.515. The van der Waals surface area contributed by atoms with Crippen LogP contribution in [-0.2, 0) is 9.53 Å². The number of carbonyl (C=O) groups is 1. The average molecular weight is 198 g/mol. The number of hydrogen-bond acceptors (Lipinski definition) is 2. The first-order valence-electron chi connectivity index (χ1n) is 5.64. The van der Waals surface area contributed by atoms with Gasteiger partial charge in [-0.2, -0.15) is 0 Å². The highest BCUT2D eigenvalue weighted by Crippen LogP contribution is 2.38. The lowest BCUT2D eigenvalue weighted by molar-refractivity contribution is -0.132. The molecule has 1 rings (SSSR count). The lowest BCUT2D eigenvalue weighted by Gasteiger charge is -2.27. The van der Waals surface area contributed by atoms with Gasteiger partial charge >= 0.3 is 0 Å². The summed E-state index contributed by atoms with van der Waals surface area (Å²) >= 11 is 0. The molecule has 0 heterocycles. The molecule has 1 atom stereocenters. The molecule has 0 spiro atoms. The van der Waals surface area contributed by atoms with Crippen LogP contribution in [0.25, 0.3) is 0 Å². The van der Waals surface area contributed by atoms with Gasteiger partial charge in [0.25, 0.3) is 0 Å². The van der Waals surface area contributed by atoms with E-state index in [9.17, 15) is 4.79 Å². The zero-order valence-electron chi connectivity index (χ0n) is 9.64. The highest BCUT2D eigenvalue weighted by molar-refractivity contribution is 5.62. The van der Waals surface area contributed by atoms with Gasteiger partial charge in [0.1, 0.15) is 5.60 Å². The number of carbonyl (C=O) groups excluding carboxylic acids is 1. The Morgan fingerprint density at radius 2 is 1.93 bits per heavy atom. The fourth-order valence-electron chi connectivity index (χ4n) is 2.25. The summed E-state index contributed by atoms with van der Waals surface area (Å²) in [5.74, 6) is 0. The molecule has 14 heavy (non-hydrogen) atoms. The molecular weight excluding hydrogens is 176 g/mol. The van der Waals surface area contributed by atoms with Crippen LogP contribution in [0.15, 0.2) is 0 Å². The fraction of sp³-hybridized carbons (Fsp3) is 0.917. The zero-order valence-corrected chi connectivity index (χ0v) is 9.64. The van der Waals surface area contributed by atoms with E-state index in [1.165, 1.54) is 6.42 Å². The molecule has 1 aliphatic rings. The van der Waals surface area contributed by atoms with Crippen LogP contribution in [0, 0.1) is 5.41 Å².